The summed E-state index contributed by atoms with van der Waals surface area (Å²) in [6.07, 6.45) is 0.00368. The van der Waals surface area contributed by atoms with Crippen LogP contribution in [0.5, 0.6) is 0 Å². The quantitative estimate of drug-likeness (QED) is 0.393. The second-order valence-corrected chi connectivity index (χ2v) is 9.32. The second kappa shape index (κ2) is 11.9. The van der Waals surface area contributed by atoms with Crippen molar-refractivity contribution in [3.05, 3.63) is 118 Å². The van der Waals surface area contributed by atoms with Crippen LogP contribution < -0.4 is 5.32 Å². The van der Waals surface area contributed by atoms with E-state index >= 15 is 0 Å². The van der Waals surface area contributed by atoms with Gasteiger partial charge in [0.15, 0.2) is 0 Å². The lowest BCUT2D eigenvalue weighted by Crippen LogP contribution is -2.38. The van der Waals surface area contributed by atoms with Gasteiger partial charge in [0, 0.05) is 23.6 Å². The van der Waals surface area contributed by atoms with Crippen molar-refractivity contribution in [1.29, 1.82) is 0 Å². The van der Waals surface area contributed by atoms with Gasteiger partial charge in [-0.2, -0.15) is 0 Å². The largest absolute Gasteiger partial charge is 0.463 e. The summed E-state index contributed by atoms with van der Waals surface area (Å²) in [7, 11) is 0. The van der Waals surface area contributed by atoms with Crippen molar-refractivity contribution < 1.29 is 23.5 Å². The average Bonchev–Trinajstić information content (AvgIpc) is 2.91. The van der Waals surface area contributed by atoms with Crippen molar-refractivity contribution in [3.63, 3.8) is 0 Å². The van der Waals surface area contributed by atoms with Crippen molar-refractivity contribution >= 4 is 17.8 Å². The summed E-state index contributed by atoms with van der Waals surface area (Å²) >= 11 is 0. The number of ether oxygens (including phenoxy) is 1. The number of allylic oxidation sites excluding steroid dienone is 1. The zero-order valence-electron chi connectivity index (χ0n) is 21.7. The molecule has 0 spiro atoms. The predicted molar refractivity (Wildman–Crippen MR) is 142 cm³/mol. The number of hydrogen-bond acceptors (Lipinski definition) is 4. The summed E-state index contributed by atoms with van der Waals surface area (Å²) < 4.78 is 19.3. The molecule has 0 bridgehead atoms. The Bertz CT molecular complexity index is 1370. The Morgan fingerprint density at radius 1 is 1.05 bits per heavy atom. The van der Waals surface area contributed by atoms with Crippen LogP contribution >= 0.6 is 0 Å². The summed E-state index contributed by atoms with van der Waals surface area (Å²) in [6, 6.07) is 22.5. The molecular weight excluding hydrogens is 483 g/mol. The summed E-state index contributed by atoms with van der Waals surface area (Å²) in [4.78, 5) is 40.8. The molecule has 0 saturated carbocycles. The Labute approximate surface area is 222 Å². The van der Waals surface area contributed by atoms with Crippen LogP contribution in [-0.2, 0) is 20.9 Å². The highest BCUT2D eigenvalue weighted by Gasteiger charge is 2.37. The highest BCUT2D eigenvalue weighted by molar-refractivity contribution is 5.96. The first-order chi connectivity index (χ1) is 18.3. The highest BCUT2D eigenvalue weighted by Crippen LogP contribution is 2.38. The van der Waals surface area contributed by atoms with Gasteiger partial charge in [-0.3, -0.25) is 9.59 Å². The molecule has 0 aromatic heterocycles. The summed E-state index contributed by atoms with van der Waals surface area (Å²) in [5.41, 5.74) is 3.55. The minimum absolute atomic E-state index is 0.00368. The van der Waals surface area contributed by atoms with E-state index in [2.05, 4.69) is 5.32 Å². The van der Waals surface area contributed by atoms with E-state index in [0.29, 0.717) is 22.4 Å². The fourth-order valence-electron chi connectivity index (χ4n) is 4.78. The number of halogens is 1. The molecule has 196 valence electrons. The molecule has 0 aliphatic carbocycles. The maximum Gasteiger partial charge on any atom is 0.336 e. The molecule has 0 fully saturated rings. The fourth-order valence-corrected chi connectivity index (χ4v) is 4.78. The summed E-state index contributed by atoms with van der Waals surface area (Å²) in [5.74, 6) is -1.99. The molecule has 2 amide bonds. The number of carbonyl (C=O) groups excluding carboxylic acids is 3. The van der Waals surface area contributed by atoms with Gasteiger partial charge in [0.05, 0.1) is 24.8 Å². The molecular formula is C31H31FN2O4. The van der Waals surface area contributed by atoms with E-state index in [4.69, 9.17) is 4.74 Å². The van der Waals surface area contributed by atoms with E-state index in [9.17, 15) is 18.8 Å². The van der Waals surface area contributed by atoms with Gasteiger partial charge in [-0.05, 0) is 61.7 Å². The zero-order chi connectivity index (χ0) is 27.2. The molecule has 6 nitrogen and oxygen atoms in total. The van der Waals surface area contributed by atoms with Gasteiger partial charge in [0.1, 0.15) is 5.82 Å². The Morgan fingerprint density at radius 2 is 1.79 bits per heavy atom. The number of carbonyl (C=O) groups is 3. The number of amides is 2. The van der Waals surface area contributed by atoms with Gasteiger partial charge in [0.2, 0.25) is 5.91 Å². The number of nitrogens with zero attached hydrogens (tertiary/aromatic N) is 1. The molecule has 0 radical (unpaired) electrons. The summed E-state index contributed by atoms with van der Waals surface area (Å²) in [5, 5.41) is 3.00. The molecule has 2 atom stereocenters. The third kappa shape index (κ3) is 5.99. The average molecular weight is 515 g/mol. The molecule has 1 aliphatic heterocycles. The topological polar surface area (TPSA) is 75.7 Å². The molecule has 1 N–H and O–H groups in total. The summed E-state index contributed by atoms with van der Waals surface area (Å²) in [6.45, 7) is 5.69. The van der Waals surface area contributed by atoms with E-state index < -0.39 is 17.7 Å². The maximum atomic E-state index is 14.0. The van der Waals surface area contributed by atoms with Gasteiger partial charge in [-0.1, -0.05) is 54.6 Å². The van der Waals surface area contributed by atoms with Crippen LogP contribution in [-0.4, -0.2) is 29.3 Å². The molecule has 3 aromatic carbocycles. The van der Waals surface area contributed by atoms with Crippen molar-refractivity contribution in [2.45, 2.75) is 45.7 Å². The third-order valence-electron chi connectivity index (χ3n) is 6.75. The Balaban J connectivity index is 1.59. The third-order valence-corrected chi connectivity index (χ3v) is 6.75. The number of rotatable bonds is 8. The second-order valence-electron chi connectivity index (χ2n) is 9.32. The molecule has 3 aromatic rings. The number of benzene rings is 3. The molecule has 0 saturated heterocycles. The maximum absolute atomic E-state index is 14.0. The number of esters is 1. The lowest BCUT2D eigenvalue weighted by Gasteiger charge is -2.34. The van der Waals surface area contributed by atoms with Gasteiger partial charge >= 0.3 is 5.97 Å². The lowest BCUT2D eigenvalue weighted by molar-refractivity contribution is -0.140. The van der Waals surface area contributed by atoms with Crippen LogP contribution in [0.3, 0.4) is 0 Å². The van der Waals surface area contributed by atoms with Crippen molar-refractivity contribution in [1.82, 2.24) is 10.2 Å². The molecule has 38 heavy (non-hydrogen) atoms. The standard InChI is InChI=1S/C31H31FN2O4/c1-4-38-31(37)29-21(3)34(28(35)18-27(29)24-13-9-15-26(32)17-24)19-22-10-8-14-25(16-22)30(36)33-20(2)23-11-6-5-7-12-23/h5-17,20,27H,4,18-19H2,1-3H3,(H,33,36). The molecule has 1 heterocycles. The SMILES string of the molecule is CCOC(=O)C1=C(C)N(Cc2cccc(C(=O)NC(C)c3ccccc3)c2)C(=O)CC1c1cccc(F)c1. The monoisotopic (exact) mass is 514 g/mol. The Kier molecular flexibility index (Phi) is 8.36. The van der Waals surface area contributed by atoms with Crippen LogP contribution in [0.1, 0.15) is 66.2 Å². The molecule has 1 aliphatic rings. The van der Waals surface area contributed by atoms with Gasteiger partial charge < -0.3 is 15.0 Å². The lowest BCUT2D eigenvalue weighted by atomic mass is 9.83. The smallest absolute Gasteiger partial charge is 0.336 e. The van der Waals surface area contributed by atoms with E-state index in [1.54, 1.807) is 44.2 Å². The molecule has 7 heteroatoms. The Morgan fingerprint density at radius 3 is 2.50 bits per heavy atom. The van der Waals surface area contributed by atoms with E-state index in [-0.39, 0.29) is 37.4 Å². The number of hydrogen-bond donors (Lipinski definition) is 1. The first-order valence-electron chi connectivity index (χ1n) is 12.7. The normalized spacial score (nSPS) is 16.3. The van der Waals surface area contributed by atoms with Crippen LogP contribution in [0.4, 0.5) is 4.39 Å². The van der Waals surface area contributed by atoms with Gasteiger partial charge in [-0.25, -0.2) is 9.18 Å². The number of nitrogens with one attached hydrogen (secondary N) is 1. The first-order valence-corrected chi connectivity index (χ1v) is 12.7. The van der Waals surface area contributed by atoms with Crippen LogP contribution in [0, 0.1) is 5.82 Å². The van der Waals surface area contributed by atoms with Crippen molar-refractivity contribution in [3.8, 4) is 0 Å². The van der Waals surface area contributed by atoms with Crippen LogP contribution in [0.15, 0.2) is 90.1 Å². The van der Waals surface area contributed by atoms with Gasteiger partial charge in [0.25, 0.3) is 5.91 Å². The predicted octanol–water partition coefficient (Wildman–Crippen LogP) is 5.67. The van der Waals surface area contributed by atoms with Crippen molar-refractivity contribution in [2.24, 2.45) is 0 Å². The zero-order valence-corrected chi connectivity index (χ0v) is 21.7. The highest BCUT2D eigenvalue weighted by atomic mass is 19.1. The van der Waals surface area contributed by atoms with E-state index in [0.717, 1.165) is 11.1 Å². The fraction of sp³-hybridized carbons (Fsp3) is 0.258. The molecule has 2 unspecified atom stereocenters. The van der Waals surface area contributed by atoms with Crippen molar-refractivity contribution in [2.75, 3.05) is 6.61 Å². The minimum Gasteiger partial charge on any atom is -0.463 e. The Hall–Kier alpha value is -4.26. The van der Waals surface area contributed by atoms with E-state index in [1.165, 1.54) is 17.0 Å². The molecule has 4 rings (SSSR count). The van der Waals surface area contributed by atoms with E-state index in [1.807, 2.05) is 43.3 Å². The van der Waals surface area contributed by atoms with Crippen LogP contribution in [0.25, 0.3) is 0 Å². The minimum atomic E-state index is -0.606. The first kappa shape index (κ1) is 26.8. The van der Waals surface area contributed by atoms with Crippen LogP contribution in [0.2, 0.25) is 0 Å². The van der Waals surface area contributed by atoms with Gasteiger partial charge in [-0.15, -0.1) is 0 Å².